The number of benzene rings is 1. The molecular weight excluding hydrogens is 248 g/mol. The fraction of sp³-hybridized carbons (Fsp3) is 0.588. The Morgan fingerprint density at radius 2 is 1.90 bits per heavy atom. The number of hydrogen-bond donors (Lipinski definition) is 2. The van der Waals surface area contributed by atoms with Crippen molar-refractivity contribution < 1.29 is 4.79 Å². The monoisotopic (exact) mass is 272 g/mol. The van der Waals surface area contributed by atoms with Crippen LogP contribution in [-0.2, 0) is 4.79 Å². The molecule has 108 valence electrons. The van der Waals surface area contributed by atoms with Crippen molar-refractivity contribution in [2.75, 3.05) is 0 Å². The van der Waals surface area contributed by atoms with E-state index < -0.39 is 0 Å². The predicted molar refractivity (Wildman–Crippen MR) is 80.4 cm³/mol. The van der Waals surface area contributed by atoms with Gasteiger partial charge in [0, 0.05) is 6.04 Å². The molecule has 0 bridgehead atoms. The molecule has 0 aliphatic heterocycles. The number of primary amides is 1. The van der Waals surface area contributed by atoms with Crippen LogP contribution in [0.1, 0.15) is 68.0 Å². The molecule has 0 aromatic heterocycles. The van der Waals surface area contributed by atoms with Crippen LogP contribution in [0, 0.1) is 0 Å². The third-order valence-electron chi connectivity index (χ3n) is 4.58. The second-order valence-electron chi connectivity index (χ2n) is 6.28. The van der Waals surface area contributed by atoms with Crippen LogP contribution < -0.4 is 11.1 Å². The Kier molecular flexibility index (Phi) is 4.06. The Hall–Kier alpha value is -1.35. The SMILES string of the molecule is NC(=O)C(NC1CCCCC1)c1cccc(C2CC2)c1. The van der Waals surface area contributed by atoms with Crippen LogP contribution in [0.5, 0.6) is 0 Å². The van der Waals surface area contributed by atoms with Crippen LogP contribution in [0.25, 0.3) is 0 Å². The van der Waals surface area contributed by atoms with Crippen molar-refractivity contribution in [2.45, 2.75) is 62.9 Å². The summed E-state index contributed by atoms with van der Waals surface area (Å²) < 4.78 is 0. The summed E-state index contributed by atoms with van der Waals surface area (Å²) in [5.74, 6) is 0.446. The summed E-state index contributed by atoms with van der Waals surface area (Å²) >= 11 is 0. The van der Waals surface area contributed by atoms with Gasteiger partial charge in [0.15, 0.2) is 0 Å². The van der Waals surface area contributed by atoms with Crippen molar-refractivity contribution in [3.8, 4) is 0 Å². The van der Waals surface area contributed by atoms with Gasteiger partial charge in [0.2, 0.25) is 5.91 Å². The highest BCUT2D eigenvalue weighted by Crippen LogP contribution is 2.40. The van der Waals surface area contributed by atoms with E-state index in [1.54, 1.807) is 0 Å². The standard InChI is InChI=1S/C17H24N2O/c18-17(20)16(19-15-7-2-1-3-8-15)14-6-4-5-13(11-14)12-9-10-12/h4-6,11-12,15-16,19H,1-3,7-10H2,(H2,18,20). The molecule has 1 aromatic carbocycles. The molecule has 2 aliphatic rings. The summed E-state index contributed by atoms with van der Waals surface area (Å²) in [6.45, 7) is 0. The first-order valence-electron chi connectivity index (χ1n) is 7.89. The minimum absolute atomic E-state index is 0.261. The Bertz CT molecular complexity index is 476. The van der Waals surface area contributed by atoms with Gasteiger partial charge in [-0.2, -0.15) is 0 Å². The lowest BCUT2D eigenvalue weighted by Gasteiger charge is -2.27. The molecule has 3 nitrogen and oxygen atoms in total. The maximum Gasteiger partial charge on any atom is 0.239 e. The first kappa shape index (κ1) is 13.6. The fourth-order valence-electron chi connectivity index (χ4n) is 3.26. The molecule has 2 fully saturated rings. The van der Waals surface area contributed by atoms with Crippen LogP contribution in [-0.4, -0.2) is 11.9 Å². The highest BCUT2D eigenvalue weighted by molar-refractivity contribution is 5.81. The van der Waals surface area contributed by atoms with Gasteiger partial charge in [-0.15, -0.1) is 0 Å². The molecule has 0 saturated heterocycles. The lowest BCUT2D eigenvalue weighted by molar-refractivity contribution is -0.120. The second-order valence-corrected chi connectivity index (χ2v) is 6.28. The van der Waals surface area contributed by atoms with Gasteiger partial charge in [-0.25, -0.2) is 0 Å². The molecule has 3 rings (SSSR count). The average molecular weight is 272 g/mol. The predicted octanol–water partition coefficient (Wildman–Crippen LogP) is 3.01. The summed E-state index contributed by atoms with van der Waals surface area (Å²) in [6, 6.07) is 8.52. The van der Waals surface area contributed by atoms with Crippen LogP contribution in [0.3, 0.4) is 0 Å². The molecule has 2 saturated carbocycles. The molecule has 2 aliphatic carbocycles. The summed E-state index contributed by atoms with van der Waals surface area (Å²) in [4.78, 5) is 11.8. The van der Waals surface area contributed by atoms with Gasteiger partial charge in [0.25, 0.3) is 0 Å². The lowest BCUT2D eigenvalue weighted by atomic mass is 9.93. The highest BCUT2D eigenvalue weighted by Gasteiger charge is 2.26. The van der Waals surface area contributed by atoms with Gasteiger partial charge in [-0.1, -0.05) is 43.5 Å². The Balaban J connectivity index is 1.75. The fourth-order valence-corrected chi connectivity index (χ4v) is 3.26. The summed E-state index contributed by atoms with van der Waals surface area (Å²) in [5.41, 5.74) is 8.02. The molecule has 0 spiro atoms. The maximum atomic E-state index is 11.8. The minimum Gasteiger partial charge on any atom is -0.368 e. The van der Waals surface area contributed by atoms with Crippen molar-refractivity contribution in [2.24, 2.45) is 5.73 Å². The van der Waals surface area contributed by atoms with E-state index in [4.69, 9.17) is 5.73 Å². The van der Waals surface area contributed by atoms with Crippen LogP contribution in [0.2, 0.25) is 0 Å². The third-order valence-corrected chi connectivity index (χ3v) is 4.58. The zero-order valence-corrected chi connectivity index (χ0v) is 12.0. The molecular formula is C17H24N2O. The first-order chi connectivity index (χ1) is 9.74. The molecule has 3 N–H and O–H groups in total. The van der Waals surface area contributed by atoms with E-state index in [-0.39, 0.29) is 11.9 Å². The number of amides is 1. The molecule has 1 aromatic rings. The van der Waals surface area contributed by atoms with E-state index in [1.165, 1.54) is 37.7 Å². The Morgan fingerprint density at radius 1 is 1.15 bits per heavy atom. The lowest BCUT2D eigenvalue weighted by Crippen LogP contribution is -2.41. The largest absolute Gasteiger partial charge is 0.368 e. The van der Waals surface area contributed by atoms with Crippen LogP contribution >= 0.6 is 0 Å². The van der Waals surface area contributed by atoms with E-state index in [1.807, 2.05) is 6.07 Å². The third kappa shape index (κ3) is 3.21. The number of hydrogen-bond acceptors (Lipinski definition) is 2. The van der Waals surface area contributed by atoms with Gasteiger partial charge in [0.05, 0.1) is 0 Å². The van der Waals surface area contributed by atoms with E-state index >= 15 is 0 Å². The summed E-state index contributed by atoms with van der Waals surface area (Å²) in [5, 5.41) is 3.48. The van der Waals surface area contributed by atoms with Crippen molar-refractivity contribution in [1.82, 2.24) is 5.32 Å². The molecule has 1 unspecified atom stereocenters. The average Bonchev–Trinajstić information content (AvgIpc) is 3.30. The van der Waals surface area contributed by atoms with Gasteiger partial charge in [-0.3, -0.25) is 10.1 Å². The van der Waals surface area contributed by atoms with E-state index in [0.29, 0.717) is 12.0 Å². The topological polar surface area (TPSA) is 55.1 Å². The number of rotatable bonds is 5. The van der Waals surface area contributed by atoms with E-state index in [2.05, 4.69) is 23.5 Å². The number of nitrogens with one attached hydrogen (secondary N) is 1. The minimum atomic E-state index is -0.336. The number of carbonyl (C=O) groups is 1. The molecule has 1 atom stereocenters. The van der Waals surface area contributed by atoms with Crippen molar-refractivity contribution in [3.63, 3.8) is 0 Å². The van der Waals surface area contributed by atoms with Crippen molar-refractivity contribution in [3.05, 3.63) is 35.4 Å². The Morgan fingerprint density at radius 3 is 2.55 bits per heavy atom. The smallest absolute Gasteiger partial charge is 0.239 e. The summed E-state index contributed by atoms with van der Waals surface area (Å²) in [6.07, 6.45) is 8.70. The van der Waals surface area contributed by atoms with Gasteiger partial charge < -0.3 is 5.73 Å². The van der Waals surface area contributed by atoms with Gasteiger partial charge >= 0.3 is 0 Å². The molecule has 20 heavy (non-hydrogen) atoms. The highest BCUT2D eigenvalue weighted by atomic mass is 16.1. The van der Waals surface area contributed by atoms with Gasteiger partial charge in [-0.05, 0) is 42.7 Å². The number of nitrogens with two attached hydrogens (primary N) is 1. The number of carbonyl (C=O) groups excluding carboxylic acids is 1. The van der Waals surface area contributed by atoms with E-state index in [0.717, 1.165) is 18.4 Å². The maximum absolute atomic E-state index is 11.8. The van der Waals surface area contributed by atoms with Crippen LogP contribution in [0.15, 0.2) is 24.3 Å². The second kappa shape index (κ2) is 5.96. The normalized spacial score (nSPS) is 21.6. The first-order valence-corrected chi connectivity index (χ1v) is 7.89. The molecule has 0 radical (unpaired) electrons. The van der Waals surface area contributed by atoms with Gasteiger partial charge in [0.1, 0.15) is 6.04 Å². The van der Waals surface area contributed by atoms with E-state index in [9.17, 15) is 4.79 Å². The zero-order valence-electron chi connectivity index (χ0n) is 12.0. The summed E-state index contributed by atoms with van der Waals surface area (Å²) in [7, 11) is 0. The molecule has 0 heterocycles. The Labute approximate surface area is 120 Å². The molecule has 3 heteroatoms. The van der Waals surface area contributed by atoms with Crippen molar-refractivity contribution >= 4 is 5.91 Å². The van der Waals surface area contributed by atoms with Crippen LogP contribution in [0.4, 0.5) is 0 Å². The quantitative estimate of drug-likeness (QED) is 0.865. The zero-order chi connectivity index (χ0) is 13.9. The van der Waals surface area contributed by atoms with Crippen molar-refractivity contribution in [1.29, 1.82) is 0 Å². The molecule has 1 amide bonds.